The van der Waals surface area contributed by atoms with Crippen molar-refractivity contribution >= 4 is 6.03 Å². The van der Waals surface area contributed by atoms with Gasteiger partial charge in [0.25, 0.3) is 0 Å². The Bertz CT molecular complexity index is 893. The van der Waals surface area contributed by atoms with E-state index < -0.39 is 0 Å². The van der Waals surface area contributed by atoms with Crippen LogP contribution < -0.4 is 10.6 Å². The number of hydrogen-bond acceptors (Lipinski definition) is 3. The van der Waals surface area contributed by atoms with Crippen LogP contribution in [0.25, 0.3) is 5.69 Å². The zero-order chi connectivity index (χ0) is 18.2. The van der Waals surface area contributed by atoms with E-state index in [1.54, 1.807) is 11.0 Å². The molecule has 0 fully saturated rings. The quantitative estimate of drug-likeness (QED) is 0.714. The number of rotatable bonds is 4. The van der Waals surface area contributed by atoms with E-state index in [2.05, 4.69) is 32.6 Å². The first kappa shape index (κ1) is 17.2. The lowest BCUT2D eigenvalue weighted by Gasteiger charge is -2.14. The van der Waals surface area contributed by atoms with Crippen LogP contribution in [0.1, 0.15) is 24.1 Å². The normalized spacial score (nSPS) is 11.1. The van der Waals surface area contributed by atoms with Crippen molar-refractivity contribution in [2.24, 2.45) is 0 Å². The van der Waals surface area contributed by atoms with Crippen molar-refractivity contribution in [2.45, 2.75) is 13.0 Å². The van der Waals surface area contributed by atoms with Crippen molar-refractivity contribution in [3.63, 3.8) is 0 Å². The molecular formula is C20H19N5O. The zero-order valence-electron chi connectivity index (χ0n) is 14.4. The molecule has 0 bridgehead atoms. The molecule has 1 unspecified atom stereocenters. The Labute approximate surface area is 152 Å². The maximum Gasteiger partial charge on any atom is 0.316 e. The molecule has 2 amide bonds. The summed E-state index contributed by atoms with van der Waals surface area (Å²) in [6.07, 6.45) is 3.13. The number of carbonyl (C=O) groups is 1. The van der Waals surface area contributed by atoms with E-state index in [9.17, 15) is 4.79 Å². The summed E-state index contributed by atoms with van der Waals surface area (Å²) >= 11 is 0. The van der Waals surface area contributed by atoms with Crippen LogP contribution in [0.3, 0.4) is 0 Å². The fraction of sp³-hybridized carbons (Fsp3) is 0.150. The summed E-state index contributed by atoms with van der Waals surface area (Å²) < 4.78 is 1.68. The van der Waals surface area contributed by atoms with Gasteiger partial charge in [-0.15, -0.1) is 0 Å². The molecule has 0 spiro atoms. The smallest absolute Gasteiger partial charge is 0.316 e. The second kappa shape index (κ2) is 8.49. The second-order valence-electron chi connectivity index (χ2n) is 5.65. The van der Waals surface area contributed by atoms with E-state index >= 15 is 0 Å². The summed E-state index contributed by atoms with van der Waals surface area (Å²) in [5.74, 6) is 5.93. The van der Waals surface area contributed by atoms with Gasteiger partial charge in [-0.25, -0.2) is 14.5 Å². The fourth-order valence-corrected chi connectivity index (χ4v) is 2.38. The first-order chi connectivity index (χ1) is 12.7. The second-order valence-corrected chi connectivity index (χ2v) is 5.65. The molecule has 1 aromatic heterocycles. The number of amides is 2. The predicted octanol–water partition coefficient (Wildman–Crippen LogP) is 2.68. The van der Waals surface area contributed by atoms with Crippen LogP contribution in [-0.2, 0) is 0 Å². The highest BCUT2D eigenvalue weighted by Gasteiger charge is 2.09. The van der Waals surface area contributed by atoms with E-state index in [0.717, 1.165) is 16.8 Å². The van der Waals surface area contributed by atoms with Gasteiger partial charge in [-0.2, -0.15) is 5.10 Å². The molecule has 6 heteroatoms. The third kappa shape index (κ3) is 4.71. The Hall–Kier alpha value is -3.59. The lowest BCUT2D eigenvalue weighted by atomic mass is 10.1. The van der Waals surface area contributed by atoms with Crippen LogP contribution >= 0.6 is 0 Å². The number of aromatic nitrogens is 3. The third-order valence-electron chi connectivity index (χ3n) is 3.77. The number of nitrogens with zero attached hydrogens (tertiary/aromatic N) is 3. The zero-order valence-corrected chi connectivity index (χ0v) is 14.4. The molecule has 0 aliphatic heterocycles. The summed E-state index contributed by atoms with van der Waals surface area (Å²) in [5, 5.41) is 9.72. The van der Waals surface area contributed by atoms with Gasteiger partial charge in [-0.3, -0.25) is 0 Å². The fourth-order valence-electron chi connectivity index (χ4n) is 2.38. The van der Waals surface area contributed by atoms with Crippen molar-refractivity contribution < 1.29 is 4.79 Å². The lowest BCUT2D eigenvalue weighted by molar-refractivity contribution is 0.239. The van der Waals surface area contributed by atoms with E-state index in [4.69, 9.17) is 0 Å². The summed E-state index contributed by atoms with van der Waals surface area (Å²) in [4.78, 5) is 15.9. The van der Waals surface area contributed by atoms with Crippen molar-refractivity contribution in [2.75, 3.05) is 6.54 Å². The summed E-state index contributed by atoms with van der Waals surface area (Å²) in [6, 6.07) is 17.1. The minimum atomic E-state index is -0.250. The summed E-state index contributed by atoms with van der Waals surface area (Å²) in [7, 11) is 0. The topological polar surface area (TPSA) is 71.8 Å². The molecule has 0 saturated heterocycles. The Morgan fingerprint density at radius 3 is 2.62 bits per heavy atom. The number of nitrogens with one attached hydrogen (secondary N) is 2. The highest BCUT2D eigenvalue weighted by molar-refractivity contribution is 5.74. The van der Waals surface area contributed by atoms with Gasteiger partial charge in [0.2, 0.25) is 0 Å². The lowest BCUT2D eigenvalue weighted by Crippen LogP contribution is -2.37. The highest BCUT2D eigenvalue weighted by Crippen LogP contribution is 2.14. The van der Waals surface area contributed by atoms with Gasteiger partial charge >= 0.3 is 6.03 Å². The van der Waals surface area contributed by atoms with E-state index in [0.29, 0.717) is 6.54 Å². The molecule has 3 rings (SSSR count). The maximum atomic E-state index is 12.0. The third-order valence-corrected chi connectivity index (χ3v) is 3.77. The molecule has 6 nitrogen and oxygen atoms in total. The molecule has 2 N–H and O–H groups in total. The molecule has 0 saturated carbocycles. The molecule has 0 aliphatic carbocycles. The Balaban J connectivity index is 1.49. The Morgan fingerprint density at radius 2 is 1.92 bits per heavy atom. The molecule has 130 valence electrons. The van der Waals surface area contributed by atoms with Crippen LogP contribution in [0.5, 0.6) is 0 Å². The first-order valence-electron chi connectivity index (χ1n) is 8.25. The molecule has 3 aromatic rings. The minimum Gasteiger partial charge on any atom is -0.332 e. The van der Waals surface area contributed by atoms with Crippen molar-refractivity contribution in [3.8, 4) is 17.5 Å². The van der Waals surface area contributed by atoms with Crippen LogP contribution in [0.4, 0.5) is 4.79 Å². The monoisotopic (exact) mass is 345 g/mol. The summed E-state index contributed by atoms with van der Waals surface area (Å²) in [5.41, 5.74) is 2.84. The van der Waals surface area contributed by atoms with Gasteiger partial charge in [0.05, 0.1) is 18.3 Å². The van der Waals surface area contributed by atoms with Crippen LogP contribution in [-0.4, -0.2) is 27.3 Å². The Kier molecular flexibility index (Phi) is 5.63. The molecular weight excluding hydrogens is 326 g/mol. The van der Waals surface area contributed by atoms with Gasteiger partial charge in [-0.1, -0.05) is 42.2 Å². The van der Waals surface area contributed by atoms with Crippen LogP contribution in [0, 0.1) is 11.8 Å². The van der Waals surface area contributed by atoms with Crippen molar-refractivity contribution in [3.05, 3.63) is 78.4 Å². The van der Waals surface area contributed by atoms with Gasteiger partial charge in [0.1, 0.15) is 12.7 Å². The standard InChI is InChI=1S/C20H19N5O/c1-16(18-9-11-19(12-10-18)25-15-21-14-23-25)24-20(26)22-13-5-8-17-6-3-2-4-7-17/h2-4,6-7,9-12,14-16H,13H2,1H3,(H2,22,24,26). The van der Waals surface area contributed by atoms with E-state index in [1.165, 1.54) is 6.33 Å². The SMILES string of the molecule is CC(NC(=O)NCC#Cc1ccccc1)c1ccc(-n2cncn2)cc1. The van der Waals surface area contributed by atoms with Crippen molar-refractivity contribution in [1.29, 1.82) is 0 Å². The van der Waals surface area contributed by atoms with E-state index in [-0.39, 0.29) is 12.1 Å². The molecule has 2 aromatic carbocycles. The van der Waals surface area contributed by atoms with E-state index in [1.807, 2.05) is 61.5 Å². The van der Waals surface area contributed by atoms with Gasteiger partial charge in [0, 0.05) is 5.56 Å². The molecule has 0 aliphatic rings. The van der Waals surface area contributed by atoms with Crippen LogP contribution in [0.2, 0.25) is 0 Å². The van der Waals surface area contributed by atoms with Crippen LogP contribution in [0.15, 0.2) is 67.3 Å². The van der Waals surface area contributed by atoms with Gasteiger partial charge in [-0.05, 0) is 36.8 Å². The number of hydrogen-bond donors (Lipinski definition) is 2. The number of urea groups is 1. The first-order valence-corrected chi connectivity index (χ1v) is 8.25. The predicted molar refractivity (Wildman–Crippen MR) is 99.6 cm³/mol. The minimum absolute atomic E-state index is 0.123. The van der Waals surface area contributed by atoms with Crippen molar-refractivity contribution in [1.82, 2.24) is 25.4 Å². The average molecular weight is 345 g/mol. The molecule has 1 heterocycles. The van der Waals surface area contributed by atoms with Gasteiger partial charge < -0.3 is 10.6 Å². The Morgan fingerprint density at radius 1 is 1.15 bits per heavy atom. The molecule has 0 radical (unpaired) electrons. The number of carbonyl (C=O) groups excluding carboxylic acids is 1. The van der Waals surface area contributed by atoms with Gasteiger partial charge in [0.15, 0.2) is 0 Å². The average Bonchev–Trinajstić information content (AvgIpc) is 3.21. The number of benzene rings is 2. The highest BCUT2D eigenvalue weighted by atomic mass is 16.2. The molecule has 26 heavy (non-hydrogen) atoms. The largest absolute Gasteiger partial charge is 0.332 e. The maximum absolute atomic E-state index is 12.0. The molecule has 1 atom stereocenters. The summed E-state index contributed by atoms with van der Waals surface area (Å²) in [6.45, 7) is 2.22.